The van der Waals surface area contributed by atoms with Crippen LogP contribution in [0.25, 0.3) is 22.2 Å². The molecule has 2 heterocycles. The summed E-state index contributed by atoms with van der Waals surface area (Å²) in [5.41, 5.74) is 3.40. The Balaban J connectivity index is 1.62. The average molecular weight is 356 g/mol. The first-order chi connectivity index (χ1) is 12.1. The van der Waals surface area contributed by atoms with Gasteiger partial charge < -0.3 is 14.6 Å². The van der Waals surface area contributed by atoms with Gasteiger partial charge in [-0.05, 0) is 37.0 Å². The first-order valence-corrected chi connectivity index (χ1v) is 9.87. The van der Waals surface area contributed by atoms with Crippen LogP contribution in [0.2, 0.25) is 0 Å². The molecular formula is C20H25N3OS. The fourth-order valence-electron chi connectivity index (χ4n) is 3.91. The molecule has 4 nitrogen and oxygen atoms in total. The Hall–Kier alpha value is -2.01. The molecule has 1 aliphatic rings. The van der Waals surface area contributed by atoms with Crippen LogP contribution in [0.5, 0.6) is 5.75 Å². The minimum Gasteiger partial charge on any atom is -0.497 e. The Morgan fingerprint density at radius 2 is 2.20 bits per heavy atom. The van der Waals surface area contributed by atoms with E-state index in [1.54, 1.807) is 18.4 Å². The summed E-state index contributed by atoms with van der Waals surface area (Å²) in [6.45, 7) is 2.35. The molecule has 0 amide bonds. The zero-order chi connectivity index (χ0) is 17.4. The number of thiazole rings is 1. The summed E-state index contributed by atoms with van der Waals surface area (Å²) >= 11 is 1.70. The van der Waals surface area contributed by atoms with Crippen LogP contribution in [0.15, 0.2) is 29.8 Å². The van der Waals surface area contributed by atoms with Gasteiger partial charge in [-0.25, -0.2) is 4.98 Å². The Bertz CT molecular complexity index is 882. The molecule has 2 aromatic heterocycles. The molecule has 1 saturated carbocycles. The number of aromatic nitrogens is 2. The van der Waals surface area contributed by atoms with Gasteiger partial charge in [-0.3, -0.25) is 0 Å². The first kappa shape index (κ1) is 16.5. The van der Waals surface area contributed by atoms with E-state index in [4.69, 9.17) is 9.72 Å². The maximum Gasteiger partial charge on any atom is 0.183 e. The molecule has 132 valence electrons. The number of benzene rings is 1. The van der Waals surface area contributed by atoms with E-state index in [9.17, 15) is 0 Å². The van der Waals surface area contributed by atoms with Crippen LogP contribution in [-0.2, 0) is 7.05 Å². The van der Waals surface area contributed by atoms with Crippen LogP contribution in [0, 0.1) is 5.92 Å². The van der Waals surface area contributed by atoms with E-state index < -0.39 is 0 Å². The number of aryl methyl sites for hydroxylation is 1. The summed E-state index contributed by atoms with van der Waals surface area (Å²) in [4.78, 5) is 4.87. The summed E-state index contributed by atoms with van der Waals surface area (Å²) in [6, 6.07) is 6.77. The molecule has 1 fully saturated rings. The first-order valence-electron chi connectivity index (χ1n) is 8.99. The zero-order valence-corrected chi connectivity index (χ0v) is 15.9. The van der Waals surface area contributed by atoms with E-state index in [2.05, 4.69) is 47.6 Å². The molecule has 0 radical (unpaired) electrons. The summed E-state index contributed by atoms with van der Waals surface area (Å²) in [7, 11) is 3.78. The maximum atomic E-state index is 5.40. The van der Waals surface area contributed by atoms with Crippen molar-refractivity contribution in [2.75, 3.05) is 12.4 Å². The van der Waals surface area contributed by atoms with E-state index in [1.165, 1.54) is 36.6 Å². The van der Waals surface area contributed by atoms with Crippen LogP contribution < -0.4 is 10.1 Å². The van der Waals surface area contributed by atoms with Crippen molar-refractivity contribution < 1.29 is 4.74 Å². The monoisotopic (exact) mass is 355 g/mol. The van der Waals surface area contributed by atoms with Gasteiger partial charge in [0, 0.05) is 41.1 Å². The predicted molar refractivity (Wildman–Crippen MR) is 106 cm³/mol. The lowest BCUT2D eigenvalue weighted by molar-refractivity contribution is 0.358. The number of hydrogen-bond acceptors (Lipinski definition) is 4. The Morgan fingerprint density at radius 3 is 3.00 bits per heavy atom. The summed E-state index contributed by atoms with van der Waals surface area (Å²) in [6.07, 6.45) is 7.34. The van der Waals surface area contributed by atoms with Crippen molar-refractivity contribution in [2.24, 2.45) is 13.0 Å². The Labute approximate surface area is 152 Å². The lowest BCUT2D eigenvalue weighted by atomic mass is 9.87. The number of rotatable bonds is 4. The van der Waals surface area contributed by atoms with E-state index in [0.717, 1.165) is 28.1 Å². The summed E-state index contributed by atoms with van der Waals surface area (Å²) in [5.74, 6) is 1.70. The molecule has 25 heavy (non-hydrogen) atoms. The van der Waals surface area contributed by atoms with Crippen LogP contribution in [-0.4, -0.2) is 22.7 Å². The number of ether oxygens (including phenoxy) is 1. The van der Waals surface area contributed by atoms with Crippen LogP contribution in [0.3, 0.4) is 0 Å². The third-order valence-corrected chi connectivity index (χ3v) is 6.01. The number of fused-ring (bicyclic) bond motifs is 1. The SMILES string of the molecule is COc1ccc2c(c1)c(-c1csc(NC3CCCC(C)C3)n1)cn2C. The number of nitrogens with one attached hydrogen (secondary N) is 1. The fraction of sp³-hybridized carbons (Fsp3) is 0.450. The van der Waals surface area contributed by atoms with Gasteiger partial charge in [-0.15, -0.1) is 11.3 Å². The van der Waals surface area contributed by atoms with Crippen molar-refractivity contribution in [3.05, 3.63) is 29.8 Å². The minimum absolute atomic E-state index is 0.565. The summed E-state index contributed by atoms with van der Waals surface area (Å²) < 4.78 is 7.55. The molecule has 3 aromatic rings. The topological polar surface area (TPSA) is 39.1 Å². The molecule has 1 aromatic carbocycles. The van der Waals surface area contributed by atoms with Gasteiger partial charge in [0.1, 0.15) is 5.75 Å². The maximum absolute atomic E-state index is 5.40. The molecule has 0 bridgehead atoms. The van der Waals surface area contributed by atoms with Gasteiger partial charge in [-0.2, -0.15) is 0 Å². The second kappa shape index (κ2) is 6.71. The van der Waals surface area contributed by atoms with E-state index in [0.29, 0.717) is 6.04 Å². The highest BCUT2D eigenvalue weighted by atomic mass is 32.1. The number of anilines is 1. The number of methoxy groups -OCH3 is 1. The second-order valence-corrected chi connectivity index (χ2v) is 8.05. The molecule has 1 aliphatic carbocycles. The third-order valence-electron chi connectivity index (χ3n) is 5.24. The van der Waals surface area contributed by atoms with Gasteiger partial charge >= 0.3 is 0 Å². The summed E-state index contributed by atoms with van der Waals surface area (Å²) in [5, 5.41) is 8.03. The van der Waals surface area contributed by atoms with Gasteiger partial charge in [0.25, 0.3) is 0 Å². The lowest BCUT2D eigenvalue weighted by Gasteiger charge is -2.27. The molecule has 2 unspecified atom stereocenters. The lowest BCUT2D eigenvalue weighted by Crippen LogP contribution is -2.26. The van der Waals surface area contributed by atoms with Gasteiger partial charge in [0.05, 0.1) is 12.8 Å². The van der Waals surface area contributed by atoms with E-state index >= 15 is 0 Å². The van der Waals surface area contributed by atoms with Crippen LogP contribution in [0.4, 0.5) is 5.13 Å². The van der Waals surface area contributed by atoms with Crippen molar-refractivity contribution >= 4 is 27.4 Å². The van der Waals surface area contributed by atoms with E-state index in [-0.39, 0.29) is 0 Å². The quantitative estimate of drug-likeness (QED) is 0.690. The van der Waals surface area contributed by atoms with Crippen molar-refractivity contribution in [2.45, 2.75) is 38.6 Å². The standard InChI is InChI=1S/C20H25N3OS/c1-13-5-4-6-14(9-13)21-20-22-18(12-25-20)17-11-23(2)19-8-7-15(24-3)10-16(17)19/h7-8,10-14H,4-6,9H2,1-3H3,(H,21,22). The van der Waals surface area contributed by atoms with Crippen molar-refractivity contribution in [3.8, 4) is 17.0 Å². The Kier molecular flexibility index (Phi) is 4.42. The minimum atomic E-state index is 0.565. The van der Waals surface area contributed by atoms with Crippen molar-refractivity contribution in [1.82, 2.24) is 9.55 Å². The molecule has 4 rings (SSSR count). The van der Waals surface area contributed by atoms with E-state index in [1.807, 2.05) is 6.07 Å². The van der Waals surface area contributed by atoms with Crippen LogP contribution in [0.1, 0.15) is 32.6 Å². The fourth-order valence-corrected chi connectivity index (χ4v) is 4.69. The molecule has 0 saturated heterocycles. The molecular weight excluding hydrogens is 330 g/mol. The highest BCUT2D eigenvalue weighted by Gasteiger charge is 2.20. The predicted octanol–water partition coefficient (Wildman–Crippen LogP) is 5.30. The average Bonchev–Trinajstić information content (AvgIpc) is 3.19. The molecule has 0 spiro atoms. The van der Waals surface area contributed by atoms with Gasteiger partial charge in [0.2, 0.25) is 0 Å². The molecule has 5 heteroatoms. The Morgan fingerprint density at radius 1 is 1.32 bits per heavy atom. The highest BCUT2D eigenvalue weighted by Crippen LogP contribution is 2.35. The largest absolute Gasteiger partial charge is 0.497 e. The highest BCUT2D eigenvalue weighted by molar-refractivity contribution is 7.14. The van der Waals surface area contributed by atoms with Crippen LogP contribution >= 0.6 is 11.3 Å². The molecule has 2 atom stereocenters. The number of nitrogens with zero attached hydrogens (tertiary/aromatic N) is 2. The number of hydrogen-bond donors (Lipinski definition) is 1. The zero-order valence-electron chi connectivity index (χ0n) is 15.1. The normalized spacial score (nSPS) is 20.8. The van der Waals surface area contributed by atoms with Gasteiger partial charge in [-0.1, -0.05) is 19.8 Å². The van der Waals surface area contributed by atoms with Crippen molar-refractivity contribution in [1.29, 1.82) is 0 Å². The molecule has 1 N–H and O–H groups in total. The van der Waals surface area contributed by atoms with Crippen molar-refractivity contribution in [3.63, 3.8) is 0 Å². The third kappa shape index (κ3) is 3.25. The van der Waals surface area contributed by atoms with Gasteiger partial charge in [0.15, 0.2) is 5.13 Å². The molecule has 0 aliphatic heterocycles. The smallest absolute Gasteiger partial charge is 0.183 e. The second-order valence-electron chi connectivity index (χ2n) is 7.19.